The Hall–Kier alpha value is -7.16. The Bertz CT molecular complexity index is 2960. The maximum absolute atomic E-state index is 2.46. The summed E-state index contributed by atoms with van der Waals surface area (Å²) in [5, 5.41) is 2.53. The monoisotopic (exact) mass is 756 g/mol. The Morgan fingerprint density at radius 2 is 1.24 bits per heavy atom. The highest BCUT2D eigenvalue weighted by Crippen LogP contribution is 2.42. The van der Waals surface area contributed by atoms with Crippen LogP contribution in [-0.4, -0.2) is 4.57 Å². The van der Waals surface area contributed by atoms with E-state index in [1.54, 1.807) is 0 Å². The standard InChI is InChI=1S/C57H44N2/c1-2-18-48(19-3-1)59-56-23-9-8-21-54(56)55-39-47(30-37-57(55)59)42-26-33-50(34-27-42)58(51-35-28-44(29-36-51)53-22-11-16-43-13-6-7-20-52(43)53)49-31-24-41(25-32-49)46-17-10-15-40-12-4-5-14-45(40)38-46/h1-28,30-35,37-39,43,45,52H,29,36H2. The minimum absolute atomic E-state index is 0.293. The molecule has 0 saturated carbocycles. The van der Waals surface area contributed by atoms with E-state index in [0.29, 0.717) is 17.8 Å². The number of anilines is 2. The molecule has 0 amide bonds. The maximum Gasteiger partial charge on any atom is 0.0541 e. The largest absolute Gasteiger partial charge is 0.314 e. The average Bonchev–Trinajstić information content (AvgIpc) is 3.47. The first kappa shape index (κ1) is 35.0. The van der Waals surface area contributed by atoms with Gasteiger partial charge in [0, 0.05) is 51.3 Å². The first-order valence-corrected chi connectivity index (χ1v) is 20.9. The van der Waals surface area contributed by atoms with Crippen molar-refractivity contribution >= 4 is 38.8 Å². The Morgan fingerprint density at radius 1 is 0.508 bits per heavy atom. The predicted molar refractivity (Wildman–Crippen MR) is 250 cm³/mol. The topological polar surface area (TPSA) is 8.17 Å². The van der Waals surface area contributed by atoms with Crippen molar-refractivity contribution in [1.82, 2.24) is 4.57 Å². The van der Waals surface area contributed by atoms with Crippen molar-refractivity contribution in [2.75, 3.05) is 4.90 Å². The van der Waals surface area contributed by atoms with Crippen molar-refractivity contribution in [2.24, 2.45) is 17.8 Å². The Morgan fingerprint density at radius 3 is 2.07 bits per heavy atom. The Kier molecular flexibility index (Phi) is 8.89. The Balaban J connectivity index is 0.952. The van der Waals surface area contributed by atoms with Gasteiger partial charge in [-0.25, -0.2) is 0 Å². The Labute approximate surface area is 346 Å². The molecule has 0 spiro atoms. The van der Waals surface area contributed by atoms with Gasteiger partial charge < -0.3 is 9.47 Å². The molecule has 3 atom stereocenters. The normalized spacial score (nSPS) is 20.3. The van der Waals surface area contributed by atoms with E-state index in [0.717, 1.165) is 24.2 Å². The molecule has 0 aliphatic heterocycles. The van der Waals surface area contributed by atoms with Crippen molar-refractivity contribution in [2.45, 2.75) is 12.8 Å². The SMILES string of the molecule is C1=CC(c2ccc(N(C3=CC=C(C4=CC=CC5C=CC=CC45)CC3)c3ccc(-c4ccc5c(c4)c4ccccc4n5-c4ccccc4)cc3)cc2)=CC2C=CC=CC2=C1. The van der Waals surface area contributed by atoms with E-state index in [2.05, 4.69) is 234 Å². The molecule has 2 heteroatoms. The van der Waals surface area contributed by atoms with Crippen LogP contribution in [0, 0.1) is 17.8 Å². The van der Waals surface area contributed by atoms with E-state index in [1.165, 1.54) is 72.2 Å². The number of benzene rings is 5. The average molecular weight is 757 g/mol. The predicted octanol–water partition coefficient (Wildman–Crippen LogP) is 14.7. The van der Waals surface area contributed by atoms with E-state index >= 15 is 0 Å². The lowest BCUT2D eigenvalue weighted by Gasteiger charge is -2.33. The second-order valence-electron chi connectivity index (χ2n) is 16.0. The molecule has 1 heterocycles. The summed E-state index contributed by atoms with van der Waals surface area (Å²) in [4.78, 5) is 2.46. The number of nitrogens with zero attached hydrogens (tertiary/aromatic N) is 2. The van der Waals surface area contributed by atoms with Gasteiger partial charge in [0.25, 0.3) is 0 Å². The van der Waals surface area contributed by atoms with Crippen molar-refractivity contribution < 1.29 is 0 Å². The highest BCUT2D eigenvalue weighted by molar-refractivity contribution is 6.10. The third-order valence-electron chi connectivity index (χ3n) is 12.6. The number of rotatable bonds is 7. The van der Waals surface area contributed by atoms with Gasteiger partial charge in [-0.3, -0.25) is 0 Å². The molecule has 59 heavy (non-hydrogen) atoms. The summed E-state index contributed by atoms with van der Waals surface area (Å²) in [5.41, 5.74) is 16.3. The number of fused-ring (bicyclic) bond motifs is 5. The van der Waals surface area contributed by atoms with Gasteiger partial charge in [-0.2, -0.15) is 0 Å². The lowest BCUT2D eigenvalue weighted by atomic mass is 9.75. The molecule has 1 aromatic heterocycles. The summed E-state index contributed by atoms with van der Waals surface area (Å²) in [5.74, 6) is 1.14. The minimum atomic E-state index is 0.293. The van der Waals surface area contributed by atoms with Gasteiger partial charge in [-0.1, -0.05) is 164 Å². The molecule has 0 N–H and O–H groups in total. The molecular weight excluding hydrogens is 713 g/mol. The highest BCUT2D eigenvalue weighted by Gasteiger charge is 2.27. The first-order valence-electron chi connectivity index (χ1n) is 20.9. The van der Waals surface area contributed by atoms with Crippen LogP contribution in [0.2, 0.25) is 0 Å². The van der Waals surface area contributed by atoms with E-state index < -0.39 is 0 Å². The number of allylic oxidation sites excluding steroid dienone is 22. The number of hydrogen-bond donors (Lipinski definition) is 0. The third-order valence-corrected chi connectivity index (χ3v) is 12.6. The van der Waals surface area contributed by atoms with Crippen molar-refractivity contribution in [3.05, 3.63) is 253 Å². The van der Waals surface area contributed by atoms with E-state index in [1.807, 2.05) is 0 Å². The fourth-order valence-corrected chi connectivity index (χ4v) is 9.58. The van der Waals surface area contributed by atoms with Crippen LogP contribution in [0.1, 0.15) is 18.4 Å². The number of para-hydroxylation sites is 2. The molecule has 0 radical (unpaired) electrons. The molecule has 5 aliphatic carbocycles. The van der Waals surface area contributed by atoms with Crippen molar-refractivity contribution in [1.29, 1.82) is 0 Å². The zero-order valence-electron chi connectivity index (χ0n) is 32.9. The van der Waals surface area contributed by atoms with Gasteiger partial charge >= 0.3 is 0 Å². The lowest BCUT2D eigenvalue weighted by molar-refractivity contribution is 0.621. The third kappa shape index (κ3) is 6.48. The molecule has 11 rings (SSSR count). The summed E-state index contributed by atoms with van der Waals surface area (Å²) in [7, 11) is 0. The van der Waals surface area contributed by atoms with Gasteiger partial charge in [0.15, 0.2) is 0 Å². The number of hydrogen-bond acceptors (Lipinski definition) is 1. The first-order chi connectivity index (χ1) is 29.2. The second kappa shape index (κ2) is 15.0. The molecule has 0 fully saturated rings. The molecule has 0 saturated heterocycles. The van der Waals surface area contributed by atoms with Crippen molar-refractivity contribution in [3.8, 4) is 16.8 Å². The van der Waals surface area contributed by atoms with Crippen LogP contribution in [-0.2, 0) is 0 Å². The smallest absolute Gasteiger partial charge is 0.0541 e. The van der Waals surface area contributed by atoms with Gasteiger partial charge in [0.05, 0.1) is 11.0 Å². The van der Waals surface area contributed by atoms with Crippen LogP contribution < -0.4 is 4.90 Å². The zero-order chi connectivity index (χ0) is 39.1. The second-order valence-corrected chi connectivity index (χ2v) is 16.0. The molecule has 2 nitrogen and oxygen atoms in total. The van der Waals surface area contributed by atoms with Crippen LogP contribution >= 0.6 is 0 Å². The van der Waals surface area contributed by atoms with E-state index in [-0.39, 0.29) is 0 Å². The van der Waals surface area contributed by atoms with Gasteiger partial charge in [0.2, 0.25) is 0 Å². The summed E-state index contributed by atoms with van der Waals surface area (Å²) < 4.78 is 2.38. The van der Waals surface area contributed by atoms with Gasteiger partial charge in [-0.05, 0) is 112 Å². The van der Waals surface area contributed by atoms with Crippen LogP contribution in [0.25, 0.3) is 44.2 Å². The molecule has 282 valence electrons. The van der Waals surface area contributed by atoms with Crippen LogP contribution in [0.15, 0.2) is 247 Å². The summed E-state index contributed by atoms with van der Waals surface area (Å²) in [6.07, 6.45) is 40.5. The lowest BCUT2D eigenvalue weighted by Crippen LogP contribution is -2.20. The van der Waals surface area contributed by atoms with Gasteiger partial charge in [0.1, 0.15) is 0 Å². The molecular formula is C57H44N2. The van der Waals surface area contributed by atoms with E-state index in [4.69, 9.17) is 0 Å². The fourth-order valence-electron chi connectivity index (χ4n) is 9.58. The molecule has 5 aromatic carbocycles. The quantitative estimate of drug-likeness (QED) is 0.157. The summed E-state index contributed by atoms with van der Waals surface area (Å²) in [6, 6.07) is 44.7. The molecule has 3 unspecified atom stereocenters. The molecule has 0 bridgehead atoms. The molecule has 6 aromatic rings. The van der Waals surface area contributed by atoms with Crippen LogP contribution in [0.3, 0.4) is 0 Å². The van der Waals surface area contributed by atoms with Crippen molar-refractivity contribution in [3.63, 3.8) is 0 Å². The van der Waals surface area contributed by atoms with E-state index in [9.17, 15) is 0 Å². The summed E-state index contributed by atoms with van der Waals surface area (Å²) in [6.45, 7) is 0. The maximum atomic E-state index is 2.46. The summed E-state index contributed by atoms with van der Waals surface area (Å²) >= 11 is 0. The highest BCUT2D eigenvalue weighted by atomic mass is 15.1. The van der Waals surface area contributed by atoms with Crippen LogP contribution in [0.4, 0.5) is 11.4 Å². The zero-order valence-corrected chi connectivity index (χ0v) is 32.9. The van der Waals surface area contributed by atoms with Gasteiger partial charge in [-0.15, -0.1) is 0 Å². The number of aromatic nitrogens is 1. The minimum Gasteiger partial charge on any atom is -0.314 e. The van der Waals surface area contributed by atoms with Crippen LogP contribution in [0.5, 0.6) is 0 Å². The molecule has 5 aliphatic rings. The fraction of sp³-hybridized carbons (Fsp3) is 0.0877.